The van der Waals surface area contributed by atoms with Crippen molar-refractivity contribution in [2.45, 2.75) is 212 Å². The van der Waals surface area contributed by atoms with Crippen LogP contribution in [0.25, 0.3) is 0 Å². The van der Waals surface area contributed by atoms with Crippen LogP contribution in [0, 0.1) is 0 Å². The van der Waals surface area contributed by atoms with Crippen molar-refractivity contribution in [1.82, 2.24) is 4.98 Å². The van der Waals surface area contributed by atoms with Gasteiger partial charge in [0.15, 0.2) is 5.79 Å². The average molecular weight is 694 g/mol. The van der Waals surface area contributed by atoms with E-state index in [1.165, 1.54) is 154 Å². The summed E-state index contributed by atoms with van der Waals surface area (Å²) in [4.78, 5) is 4.19. The highest BCUT2D eigenvalue weighted by molar-refractivity contribution is 5.06. The van der Waals surface area contributed by atoms with Crippen LogP contribution in [0.4, 0.5) is 0 Å². The first-order chi connectivity index (χ1) is 24.8. The van der Waals surface area contributed by atoms with E-state index in [9.17, 15) is 0 Å². The number of hydrogen-bond acceptors (Lipinski definition) is 4. The molecule has 2 rings (SSSR count). The van der Waals surface area contributed by atoms with Crippen LogP contribution in [0.5, 0.6) is 0 Å². The molecule has 1 saturated heterocycles. The number of aromatic nitrogens is 1. The molecule has 1 fully saturated rings. The van der Waals surface area contributed by atoms with E-state index in [0.717, 1.165) is 31.2 Å². The van der Waals surface area contributed by atoms with E-state index in [-0.39, 0.29) is 11.9 Å². The Labute approximate surface area is 310 Å². The van der Waals surface area contributed by atoms with Gasteiger partial charge in [-0.2, -0.15) is 0 Å². The number of nitrogens with zero attached hydrogens (tertiary/aromatic N) is 1. The molecule has 4 heteroatoms. The third-order valence-electron chi connectivity index (χ3n) is 10.1. The van der Waals surface area contributed by atoms with Gasteiger partial charge in [-0.05, 0) is 88.7 Å². The van der Waals surface area contributed by atoms with Crippen molar-refractivity contribution in [3.8, 4) is 0 Å². The summed E-state index contributed by atoms with van der Waals surface area (Å²) in [5.74, 6) is -0.384. The van der Waals surface area contributed by atoms with Crippen LogP contribution in [0.2, 0.25) is 0 Å². The van der Waals surface area contributed by atoms with Gasteiger partial charge in [0.25, 0.3) is 0 Å². The predicted molar refractivity (Wildman–Crippen MR) is 215 cm³/mol. The summed E-state index contributed by atoms with van der Waals surface area (Å²) >= 11 is 0. The molecule has 2 unspecified atom stereocenters. The number of unbranched alkanes of at least 4 members (excludes halogenated alkanes) is 20. The highest BCUT2D eigenvalue weighted by atomic mass is 16.7. The second-order valence-electron chi connectivity index (χ2n) is 14.8. The first-order valence-electron chi connectivity index (χ1n) is 21.5. The maximum Gasteiger partial charge on any atom is 0.168 e. The topological polar surface area (TPSA) is 40.6 Å². The van der Waals surface area contributed by atoms with E-state index in [0.29, 0.717) is 19.8 Å². The summed E-state index contributed by atoms with van der Waals surface area (Å²) in [5.41, 5.74) is 1.12. The van der Waals surface area contributed by atoms with Crippen LogP contribution in [0.15, 0.2) is 61.0 Å². The highest BCUT2D eigenvalue weighted by Crippen LogP contribution is 2.35. The predicted octanol–water partition coefficient (Wildman–Crippen LogP) is 14.3. The van der Waals surface area contributed by atoms with E-state index < -0.39 is 0 Å². The SMILES string of the molecule is CCCCC/C=C\C/C=C\CCCCCCCCC1(CCCCCCCC/C=C\CCCCCCC)OCC(CCOCc2cccnc2)O1. The Morgan fingerprint density at radius 1 is 0.660 bits per heavy atom. The third-order valence-corrected chi connectivity index (χ3v) is 10.1. The molecule has 50 heavy (non-hydrogen) atoms. The zero-order chi connectivity index (χ0) is 35.5. The molecule has 1 aromatic heterocycles. The van der Waals surface area contributed by atoms with Crippen molar-refractivity contribution in [2.75, 3.05) is 13.2 Å². The lowest BCUT2D eigenvalue weighted by Crippen LogP contribution is -2.31. The quantitative estimate of drug-likeness (QED) is 0.0524. The van der Waals surface area contributed by atoms with Gasteiger partial charge in [-0.1, -0.05) is 146 Å². The fourth-order valence-electron chi connectivity index (χ4n) is 6.88. The van der Waals surface area contributed by atoms with E-state index in [4.69, 9.17) is 14.2 Å². The van der Waals surface area contributed by atoms with Gasteiger partial charge in [-0.25, -0.2) is 0 Å². The Balaban J connectivity index is 1.59. The van der Waals surface area contributed by atoms with Gasteiger partial charge in [-0.3, -0.25) is 4.98 Å². The number of allylic oxidation sites excluding steroid dienone is 6. The molecule has 0 N–H and O–H groups in total. The van der Waals surface area contributed by atoms with Gasteiger partial charge in [0.2, 0.25) is 0 Å². The van der Waals surface area contributed by atoms with E-state index in [2.05, 4.69) is 61.4 Å². The Morgan fingerprint density at radius 2 is 1.16 bits per heavy atom. The van der Waals surface area contributed by atoms with Crippen molar-refractivity contribution in [1.29, 1.82) is 0 Å². The second kappa shape index (κ2) is 33.1. The van der Waals surface area contributed by atoms with Crippen LogP contribution in [-0.2, 0) is 20.8 Å². The fraction of sp³-hybridized carbons (Fsp3) is 0.761. The molecule has 0 bridgehead atoms. The minimum absolute atomic E-state index is 0.137. The van der Waals surface area contributed by atoms with Crippen molar-refractivity contribution < 1.29 is 14.2 Å². The van der Waals surface area contributed by atoms with Crippen LogP contribution < -0.4 is 0 Å². The lowest BCUT2D eigenvalue weighted by atomic mass is 9.98. The Bertz CT molecular complexity index is 944. The normalized spacial score (nSPS) is 18.1. The summed E-state index contributed by atoms with van der Waals surface area (Å²) in [6.07, 6.45) is 53.6. The first-order valence-corrected chi connectivity index (χ1v) is 21.5. The van der Waals surface area contributed by atoms with Crippen molar-refractivity contribution in [2.24, 2.45) is 0 Å². The molecule has 1 aromatic rings. The Morgan fingerprint density at radius 3 is 1.72 bits per heavy atom. The molecule has 2 heterocycles. The molecule has 286 valence electrons. The van der Waals surface area contributed by atoms with Gasteiger partial charge in [0.05, 0.1) is 19.3 Å². The van der Waals surface area contributed by atoms with Crippen molar-refractivity contribution >= 4 is 0 Å². The molecule has 2 atom stereocenters. The van der Waals surface area contributed by atoms with E-state index in [1.54, 1.807) is 6.20 Å². The minimum atomic E-state index is -0.384. The van der Waals surface area contributed by atoms with Crippen molar-refractivity contribution in [3.05, 3.63) is 66.5 Å². The minimum Gasteiger partial charge on any atom is -0.377 e. The summed E-state index contributed by atoms with van der Waals surface area (Å²) in [6, 6.07) is 4.03. The number of hydrogen-bond donors (Lipinski definition) is 0. The number of ether oxygens (including phenoxy) is 3. The molecule has 0 aromatic carbocycles. The molecule has 0 spiro atoms. The highest BCUT2D eigenvalue weighted by Gasteiger charge is 2.40. The lowest BCUT2D eigenvalue weighted by molar-refractivity contribution is -0.180. The third kappa shape index (κ3) is 25.2. The summed E-state index contributed by atoms with van der Waals surface area (Å²) in [5, 5.41) is 0. The van der Waals surface area contributed by atoms with Crippen LogP contribution >= 0.6 is 0 Å². The first kappa shape index (κ1) is 44.4. The Kier molecular flexibility index (Phi) is 29.4. The summed E-state index contributed by atoms with van der Waals surface area (Å²) in [6.45, 7) is 6.55. The van der Waals surface area contributed by atoms with Crippen LogP contribution in [0.1, 0.15) is 199 Å². The molecule has 0 amide bonds. The molecule has 0 aliphatic carbocycles. The molecule has 4 nitrogen and oxygen atoms in total. The zero-order valence-corrected chi connectivity index (χ0v) is 32.9. The summed E-state index contributed by atoms with van der Waals surface area (Å²) < 4.78 is 19.2. The largest absolute Gasteiger partial charge is 0.377 e. The molecular weight excluding hydrogens is 615 g/mol. The second-order valence-corrected chi connectivity index (χ2v) is 14.8. The average Bonchev–Trinajstić information content (AvgIpc) is 3.54. The number of pyridine rings is 1. The number of rotatable bonds is 35. The molecular formula is C46H79NO3. The van der Waals surface area contributed by atoms with Gasteiger partial charge in [0, 0.05) is 31.8 Å². The Hall–Kier alpha value is -1.75. The van der Waals surface area contributed by atoms with Gasteiger partial charge < -0.3 is 14.2 Å². The summed E-state index contributed by atoms with van der Waals surface area (Å²) in [7, 11) is 0. The molecule has 0 saturated carbocycles. The van der Waals surface area contributed by atoms with Crippen molar-refractivity contribution in [3.63, 3.8) is 0 Å². The van der Waals surface area contributed by atoms with E-state index >= 15 is 0 Å². The maximum absolute atomic E-state index is 6.71. The van der Waals surface area contributed by atoms with Crippen LogP contribution in [-0.4, -0.2) is 30.1 Å². The van der Waals surface area contributed by atoms with Gasteiger partial charge >= 0.3 is 0 Å². The molecule has 1 aliphatic rings. The smallest absolute Gasteiger partial charge is 0.168 e. The monoisotopic (exact) mass is 694 g/mol. The zero-order valence-electron chi connectivity index (χ0n) is 32.9. The van der Waals surface area contributed by atoms with Gasteiger partial charge in [-0.15, -0.1) is 0 Å². The van der Waals surface area contributed by atoms with E-state index in [1.807, 2.05) is 12.3 Å². The molecule has 1 aliphatic heterocycles. The lowest BCUT2D eigenvalue weighted by Gasteiger charge is -2.28. The standard InChI is InChI=1S/C46H79NO3/c1-3-5-7-9-11-13-15-17-19-21-23-25-27-29-31-33-38-46(49-43-45(50-46)36-40-48-42-44-35-34-39-47-41-44)37-32-30-28-26-24-22-20-18-16-14-12-10-8-6-4-2/h11,13,16-19,34-35,39,41,45H,3-10,12,14-15,20-33,36-38,40,42-43H2,1-2H3/b13-11-,18-16-,19-17-. The fourth-order valence-corrected chi connectivity index (χ4v) is 6.88. The molecule has 0 radical (unpaired) electrons. The van der Waals surface area contributed by atoms with Gasteiger partial charge in [0.1, 0.15) is 0 Å². The van der Waals surface area contributed by atoms with Crippen LogP contribution in [0.3, 0.4) is 0 Å². The maximum atomic E-state index is 6.71.